The van der Waals surface area contributed by atoms with E-state index in [9.17, 15) is 9.90 Å². The summed E-state index contributed by atoms with van der Waals surface area (Å²) in [6, 6.07) is 13.0. The average Bonchev–Trinajstić information content (AvgIpc) is 2.95. The van der Waals surface area contributed by atoms with Crippen LogP contribution in [-0.2, 0) is 19.5 Å². The highest BCUT2D eigenvalue weighted by Crippen LogP contribution is 2.37. The number of hydrogen-bond donors (Lipinski definition) is 1. The van der Waals surface area contributed by atoms with E-state index >= 15 is 0 Å². The molecule has 0 bridgehead atoms. The van der Waals surface area contributed by atoms with E-state index in [0.29, 0.717) is 11.9 Å². The quantitative estimate of drug-likeness (QED) is 0.582. The summed E-state index contributed by atoms with van der Waals surface area (Å²) in [6.45, 7) is 3.45. The van der Waals surface area contributed by atoms with Crippen molar-refractivity contribution in [1.29, 1.82) is 0 Å². The molecule has 5 rings (SSSR count). The molecule has 0 amide bonds. The minimum atomic E-state index is 0.0157. The second-order valence-corrected chi connectivity index (χ2v) is 6.43. The second-order valence-electron chi connectivity index (χ2n) is 6.43. The molecule has 3 heterocycles. The predicted molar refractivity (Wildman–Crippen MR) is 98.0 cm³/mol. The molecule has 0 spiro atoms. The number of hydrogen-bond acceptors (Lipinski definition) is 3. The van der Waals surface area contributed by atoms with Crippen molar-refractivity contribution in [3.05, 3.63) is 58.4 Å². The van der Waals surface area contributed by atoms with Crippen LogP contribution in [0.25, 0.3) is 33.3 Å². The maximum atomic E-state index is 12.9. The zero-order valence-corrected chi connectivity index (χ0v) is 13.9. The lowest BCUT2D eigenvalue weighted by molar-refractivity contribution is 0.476. The van der Waals surface area contributed by atoms with Crippen LogP contribution in [0.5, 0.6) is 5.75 Å². The van der Waals surface area contributed by atoms with Gasteiger partial charge in [-0.2, -0.15) is 0 Å². The number of phenolic OH excluding ortho intramolecular Hbond substituents is 1. The fourth-order valence-corrected chi connectivity index (χ4v) is 4.03. The summed E-state index contributed by atoms with van der Waals surface area (Å²) in [5.74, 6) is 0.975. The fraction of sp³-hybridized carbons (Fsp3) is 0.200. The number of phenols is 1. The lowest BCUT2D eigenvalue weighted by atomic mass is 10.0. The van der Waals surface area contributed by atoms with Gasteiger partial charge in [0.1, 0.15) is 5.75 Å². The van der Waals surface area contributed by atoms with Gasteiger partial charge in [0.2, 0.25) is 0 Å². The van der Waals surface area contributed by atoms with Crippen LogP contribution in [0.4, 0.5) is 0 Å². The number of fused-ring (bicyclic) bond motifs is 6. The SMILES string of the molecule is CCn1c2c(c3ccc(O)cc31)CCn1c-2nc2ccccc2c1=O. The summed E-state index contributed by atoms with van der Waals surface area (Å²) >= 11 is 0. The van der Waals surface area contributed by atoms with Gasteiger partial charge in [0.15, 0.2) is 5.82 Å². The zero-order chi connectivity index (χ0) is 17.1. The Morgan fingerprint density at radius 1 is 1.16 bits per heavy atom. The highest BCUT2D eigenvalue weighted by Gasteiger charge is 2.26. The highest BCUT2D eigenvalue weighted by molar-refractivity contribution is 5.93. The van der Waals surface area contributed by atoms with E-state index in [4.69, 9.17) is 4.98 Å². The molecule has 1 aliphatic rings. The molecule has 25 heavy (non-hydrogen) atoms. The highest BCUT2D eigenvalue weighted by atomic mass is 16.3. The third-order valence-electron chi connectivity index (χ3n) is 5.13. The number of rotatable bonds is 1. The van der Waals surface area contributed by atoms with Gasteiger partial charge in [-0.15, -0.1) is 0 Å². The van der Waals surface area contributed by atoms with Gasteiger partial charge < -0.3 is 9.67 Å². The van der Waals surface area contributed by atoms with E-state index < -0.39 is 0 Å². The molecule has 1 aliphatic heterocycles. The first kappa shape index (κ1) is 14.3. The third kappa shape index (κ3) is 1.83. The standard InChI is InChI=1S/C20H17N3O2/c1-2-22-17-11-12(24)7-8-13(17)14-9-10-23-19(18(14)22)21-16-6-4-3-5-15(16)20(23)25/h3-8,11,24H,2,9-10H2,1H3. The Bertz CT molecular complexity index is 1220. The fourth-order valence-electron chi connectivity index (χ4n) is 4.03. The smallest absolute Gasteiger partial charge is 0.261 e. The molecule has 4 aromatic rings. The molecule has 124 valence electrons. The van der Waals surface area contributed by atoms with Crippen molar-refractivity contribution < 1.29 is 5.11 Å². The normalized spacial score (nSPS) is 13.2. The first-order chi connectivity index (χ1) is 12.2. The zero-order valence-electron chi connectivity index (χ0n) is 13.9. The summed E-state index contributed by atoms with van der Waals surface area (Å²) in [5.41, 5.74) is 3.93. The van der Waals surface area contributed by atoms with Crippen LogP contribution in [0.1, 0.15) is 12.5 Å². The number of aryl methyl sites for hydroxylation is 2. The molecule has 0 atom stereocenters. The van der Waals surface area contributed by atoms with Crippen molar-refractivity contribution in [2.24, 2.45) is 0 Å². The molecule has 0 radical (unpaired) electrons. The van der Waals surface area contributed by atoms with Gasteiger partial charge >= 0.3 is 0 Å². The predicted octanol–water partition coefficient (Wildman–Crippen LogP) is 3.30. The van der Waals surface area contributed by atoms with Gasteiger partial charge in [0, 0.05) is 24.5 Å². The van der Waals surface area contributed by atoms with Crippen LogP contribution < -0.4 is 5.56 Å². The average molecular weight is 331 g/mol. The molecular weight excluding hydrogens is 314 g/mol. The molecule has 0 saturated heterocycles. The number of aromatic hydroxyl groups is 1. The van der Waals surface area contributed by atoms with E-state index in [1.807, 2.05) is 30.3 Å². The number of para-hydroxylation sites is 1. The number of benzene rings is 2. The third-order valence-corrected chi connectivity index (χ3v) is 5.13. The summed E-state index contributed by atoms with van der Waals surface area (Å²) in [4.78, 5) is 17.7. The van der Waals surface area contributed by atoms with Crippen molar-refractivity contribution >= 4 is 21.8 Å². The topological polar surface area (TPSA) is 60.1 Å². The van der Waals surface area contributed by atoms with E-state index in [-0.39, 0.29) is 11.3 Å². The van der Waals surface area contributed by atoms with E-state index in [2.05, 4.69) is 11.5 Å². The van der Waals surface area contributed by atoms with E-state index in [0.717, 1.165) is 40.9 Å². The molecule has 5 heteroatoms. The van der Waals surface area contributed by atoms with E-state index in [1.165, 1.54) is 5.56 Å². The van der Waals surface area contributed by atoms with Gasteiger partial charge in [0.05, 0.1) is 22.1 Å². The first-order valence-electron chi connectivity index (χ1n) is 8.53. The van der Waals surface area contributed by atoms with Crippen molar-refractivity contribution in [3.63, 3.8) is 0 Å². The lowest BCUT2D eigenvalue weighted by Crippen LogP contribution is -2.28. The summed E-state index contributed by atoms with van der Waals surface area (Å²) in [6.07, 6.45) is 0.788. The van der Waals surface area contributed by atoms with Gasteiger partial charge in [0.25, 0.3) is 5.56 Å². The molecule has 0 saturated carbocycles. The van der Waals surface area contributed by atoms with Crippen LogP contribution in [-0.4, -0.2) is 19.2 Å². The number of aromatic nitrogens is 3. The summed E-state index contributed by atoms with van der Waals surface area (Å²) < 4.78 is 3.94. The van der Waals surface area contributed by atoms with Crippen LogP contribution in [0.15, 0.2) is 47.3 Å². The van der Waals surface area contributed by atoms with E-state index in [1.54, 1.807) is 16.7 Å². The largest absolute Gasteiger partial charge is 0.508 e. The van der Waals surface area contributed by atoms with Crippen LogP contribution in [0, 0.1) is 0 Å². The Kier molecular flexibility index (Phi) is 2.83. The van der Waals surface area contributed by atoms with Crippen LogP contribution in [0.3, 0.4) is 0 Å². The maximum absolute atomic E-state index is 12.9. The molecule has 0 fully saturated rings. The Balaban J connectivity index is 1.95. The Morgan fingerprint density at radius 2 is 2.00 bits per heavy atom. The molecule has 5 nitrogen and oxygen atoms in total. The minimum Gasteiger partial charge on any atom is -0.508 e. The summed E-state index contributed by atoms with van der Waals surface area (Å²) in [7, 11) is 0. The van der Waals surface area contributed by atoms with Crippen LogP contribution in [0.2, 0.25) is 0 Å². The molecular formula is C20H17N3O2. The first-order valence-corrected chi connectivity index (χ1v) is 8.53. The lowest BCUT2D eigenvalue weighted by Gasteiger charge is -2.21. The van der Waals surface area contributed by atoms with Crippen molar-refractivity contribution in [2.75, 3.05) is 0 Å². The molecule has 0 aliphatic carbocycles. The van der Waals surface area contributed by atoms with Crippen molar-refractivity contribution in [1.82, 2.24) is 14.1 Å². The maximum Gasteiger partial charge on any atom is 0.261 e. The molecule has 2 aromatic carbocycles. The van der Waals surface area contributed by atoms with Gasteiger partial charge in [-0.3, -0.25) is 9.36 Å². The second kappa shape index (κ2) is 4.96. The Hall–Kier alpha value is -3.08. The van der Waals surface area contributed by atoms with Gasteiger partial charge in [-0.25, -0.2) is 4.98 Å². The molecule has 1 N–H and O–H groups in total. The summed E-state index contributed by atoms with van der Waals surface area (Å²) in [5, 5.41) is 11.7. The minimum absolute atomic E-state index is 0.0157. The Morgan fingerprint density at radius 3 is 2.84 bits per heavy atom. The van der Waals surface area contributed by atoms with Gasteiger partial charge in [-0.1, -0.05) is 12.1 Å². The molecule has 0 unspecified atom stereocenters. The Labute approximate surface area is 143 Å². The monoisotopic (exact) mass is 331 g/mol. The van der Waals surface area contributed by atoms with Crippen LogP contribution >= 0.6 is 0 Å². The molecule has 2 aromatic heterocycles. The van der Waals surface area contributed by atoms with Crippen molar-refractivity contribution in [3.8, 4) is 17.3 Å². The van der Waals surface area contributed by atoms with Gasteiger partial charge in [-0.05, 0) is 43.2 Å². The number of nitrogens with zero attached hydrogens (tertiary/aromatic N) is 3. The van der Waals surface area contributed by atoms with Crippen molar-refractivity contribution in [2.45, 2.75) is 26.4 Å².